The maximum Gasteiger partial charge on any atom is 0.0489 e. The highest BCUT2D eigenvalue weighted by molar-refractivity contribution is 8.16. The average Bonchev–Trinajstić information content (AvgIpc) is 2.20. The van der Waals surface area contributed by atoms with Gasteiger partial charge in [0.2, 0.25) is 0 Å². The molecule has 1 aliphatic heterocycles. The van der Waals surface area contributed by atoms with Crippen LogP contribution in [0.15, 0.2) is 0 Å². The molecule has 15 heavy (non-hydrogen) atoms. The Morgan fingerprint density at radius 2 is 1.40 bits per heavy atom. The number of thioether (sulfide) groups is 2. The first kappa shape index (κ1) is 15.7. The molecular formula is C12H26OS2. The Bertz CT molecular complexity index is 103. The van der Waals surface area contributed by atoms with Crippen LogP contribution in [0.2, 0.25) is 0 Å². The van der Waals surface area contributed by atoms with Crippen molar-refractivity contribution in [1.82, 2.24) is 0 Å². The van der Waals surface area contributed by atoms with Crippen molar-refractivity contribution in [1.29, 1.82) is 0 Å². The molecule has 1 fully saturated rings. The minimum absolute atomic E-state index is 0.670. The van der Waals surface area contributed by atoms with Gasteiger partial charge in [0.05, 0.1) is 0 Å². The van der Waals surface area contributed by atoms with E-state index in [2.05, 4.69) is 51.2 Å². The van der Waals surface area contributed by atoms with E-state index < -0.39 is 0 Å². The molecule has 0 radical (unpaired) electrons. The molecule has 1 heterocycles. The van der Waals surface area contributed by atoms with E-state index in [1.807, 2.05) is 0 Å². The number of ether oxygens (including phenoxy) is 1. The van der Waals surface area contributed by atoms with Crippen LogP contribution in [-0.2, 0) is 4.74 Å². The second-order valence-corrected chi connectivity index (χ2v) is 7.19. The molecule has 3 heteroatoms. The molecule has 0 N–H and O–H groups in total. The van der Waals surface area contributed by atoms with E-state index >= 15 is 0 Å². The van der Waals surface area contributed by atoms with E-state index in [1.54, 1.807) is 0 Å². The van der Waals surface area contributed by atoms with Gasteiger partial charge in [0, 0.05) is 18.3 Å². The van der Waals surface area contributed by atoms with Gasteiger partial charge >= 0.3 is 0 Å². The zero-order chi connectivity index (χ0) is 11.5. The van der Waals surface area contributed by atoms with E-state index in [4.69, 9.17) is 4.74 Å². The summed E-state index contributed by atoms with van der Waals surface area (Å²) in [6.45, 7) is 10.5. The van der Waals surface area contributed by atoms with Gasteiger partial charge in [-0.25, -0.2) is 0 Å². The van der Waals surface area contributed by atoms with Crippen molar-refractivity contribution < 1.29 is 4.74 Å². The smallest absolute Gasteiger partial charge is 0.0489 e. The lowest BCUT2D eigenvalue weighted by molar-refractivity contribution is 0.0886. The molecule has 0 spiro atoms. The van der Waals surface area contributed by atoms with Crippen LogP contribution in [0.5, 0.6) is 0 Å². The van der Waals surface area contributed by atoms with Crippen LogP contribution in [0.4, 0.5) is 0 Å². The summed E-state index contributed by atoms with van der Waals surface area (Å²) >= 11 is 4.12. The molecule has 1 aliphatic rings. The molecule has 0 aromatic heterocycles. The highest BCUT2D eigenvalue weighted by Gasteiger charge is 1.96. The maximum absolute atomic E-state index is 5.36. The monoisotopic (exact) mass is 250 g/mol. The summed E-state index contributed by atoms with van der Waals surface area (Å²) in [6, 6.07) is 0. The fraction of sp³-hybridized carbons (Fsp3) is 1.00. The third-order valence-corrected chi connectivity index (χ3v) is 4.13. The van der Waals surface area contributed by atoms with E-state index in [0.29, 0.717) is 11.8 Å². The van der Waals surface area contributed by atoms with Crippen molar-refractivity contribution in [3.63, 3.8) is 0 Å². The van der Waals surface area contributed by atoms with Crippen molar-refractivity contribution in [2.45, 2.75) is 34.1 Å². The summed E-state index contributed by atoms with van der Waals surface area (Å²) in [5, 5.41) is 1.33. The largest absolute Gasteiger partial charge is 0.381 e. The highest BCUT2D eigenvalue weighted by atomic mass is 32.2. The summed E-state index contributed by atoms with van der Waals surface area (Å²) in [5.74, 6) is 4.13. The molecule has 1 nitrogen and oxygen atoms in total. The van der Waals surface area contributed by atoms with Gasteiger partial charge in [0.25, 0.3) is 0 Å². The summed E-state index contributed by atoms with van der Waals surface area (Å²) < 4.78 is 5.36. The summed E-state index contributed by atoms with van der Waals surface area (Å²) in [4.78, 5) is 0. The van der Waals surface area contributed by atoms with Gasteiger partial charge in [-0.2, -0.15) is 23.5 Å². The first-order valence-electron chi connectivity index (χ1n) is 5.86. The normalized spacial score (nSPS) is 16.4. The minimum Gasteiger partial charge on any atom is -0.381 e. The molecule has 0 aromatic carbocycles. The van der Waals surface area contributed by atoms with Crippen molar-refractivity contribution in [3.8, 4) is 0 Å². The number of hydrogen-bond donors (Lipinski definition) is 0. The molecule has 0 amide bonds. The Labute approximate surface area is 104 Å². The fourth-order valence-corrected chi connectivity index (χ4v) is 3.27. The molecule has 92 valence electrons. The first-order chi connectivity index (χ1) is 7.13. The lowest BCUT2D eigenvalue weighted by atomic mass is 10.2. The Hall–Kier alpha value is 0.660. The predicted molar refractivity (Wildman–Crippen MR) is 74.9 cm³/mol. The van der Waals surface area contributed by atoms with Crippen LogP contribution in [0.3, 0.4) is 0 Å². The second kappa shape index (κ2) is 11.2. The Balaban J connectivity index is 0.000000280. The fourth-order valence-electron chi connectivity index (χ4n) is 0.979. The Kier molecular flexibility index (Phi) is 11.6. The lowest BCUT2D eigenvalue weighted by Gasteiger charge is -2.07. The van der Waals surface area contributed by atoms with E-state index in [9.17, 15) is 0 Å². The highest BCUT2D eigenvalue weighted by Crippen LogP contribution is 2.19. The zero-order valence-corrected chi connectivity index (χ0v) is 12.3. The van der Waals surface area contributed by atoms with Gasteiger partial charge in [-0.15, -0.1) is 0 Å². The van der Waals surface area contributed by atoms with Gasteiger partial charge in [0.15, 0.2) is 0 Å². The van der Waals surface area contributed by atoms with Gasteiger partial charge in [-0.3, -0.25) is 0 Å². The van der Waals surface area contributed by atoms with Gasteiger partial charge in [-0.05, 0) is 29.8 Å². The molecule has 0 unspecified atom stereocenters. The molecule has 1 saturated heterocycles. The van der Waals surface area contributed by atoms with Crippen molar-refractivity contribution in [2.75, 3.05) is 29.8 Å². The zero-order valence-electron chi connectivity index (χ0n) is 10.6. The van der Waals surface area contributed by atoms with E-state index in [1.165, 1.54) is 23.0 Å². The standard InChI is InChI=1S/C8H18O.C4H8S2/c1-7(2)5-9-6-8(3)4;1-2-5-4-6-3-1/h7-8H,5-6H2,1-4H3;1-4H2. The molecule has 0 bridgehead atoms. The second-order valence-electron chi connectivity index (χ2n) is 4.61. The summed E-state index contributed by atoms with van der Waals surface area (Å²) in [5.41, 5.74) is 0. The molecular weight excluding hydrogens is 224 g/mol. The average molecular weight is 250 g/mol. The Morgan fingerprint density at radius 3 is 1.60 bits per heavy atom. The number of hydrogen-bond acceptors (Lipinski definition) is 3. The van der Waals surface area contributed by atoms with Crippen LogP contribution in [0.25, 0.3) is 0 Å². The van der Waals surface area contributed by atoms with E-state index in [0.717, 1.165) is 13.2 Å². The molecule has 0 aromatic rings. The van der Waals surface area contributed by atoms with Crippen LogP contribution in [0, 0.1) is 11.8 Å². The summed E-state index contributed by atoms with van der Waals surface area (Å²) in [7, 11) is 0. The molecule has 0 saturated carbocycles. The first-order valence-corrected chi connectivity index (χ1v) is 8.17. The third kappa shape index (κ3) is 14.7. The SMILES string of the molecule is C1CSCSC1.CC(C)COCC(C)C. The van der Waals surface area contributed by atoms with E-state index in [-0.39, 0.29) is 0 Å². The Morgan fingerprint density at radius 1 is 0.933 bits per heavy atom. The molecule has 0 atom stereocenters. The third-order valence-electron chi connectivity index (χ3n) is 1.65. The van der Waals surface area contributed by atoms with Crippen LogP contribution in [-0.4, -0.2) is 29.8 Å². The molecule has 0 aliphatic carbocycles. The van der Waals surface area contributed by atoms with Gasteiger partial charge in [-0.1, -0.05) is 27.7 Å². The van der Waals surface area contributed by atoms with Crippen LogP contribution in [0.1, 0.15) is 34.1 Å². The summed E-state index contributed by atoms with van der Waals surface area (Å²) in [6.07, 6.45) is 1.43. The maximum atomic E-state index is 5.36. The van der Waals surface area contributed by atoms with Crippen LogP contribution < -0.4 is 0 Å². The van der Waals surface area contributed by atoms with Crippen molar-refractivity contribution >= 4 is 23.5 Å². The quantitative estimate of drug-likeness (QED) is 0.742. The molecule has 1 rings (SSSR count). The van der Waals surface area contributed by atoms with Gasteiger partial charge in [0.1, 0.15) is 0 Å². The number of rotatable bonds is 4. The van der Waals surface area contributed by atoms with Crippen LogP contribution >= 0.6 is 23.5 Å². The minimum atomic E-state index is 0.670. The lowest BCUT2D eigenvalue weighted by Crippen LogP contribution is -2.06. The topological polar surface area (TPSA) is 9.23 Å². The van der Waals surface area contributed by atoms with Gasteiger partial charge < -0.3 is 4.74 Å². The van der Waals surface area contributed by atoms with Crippen molar-refractivity contribution in [3.05, 3.63) is 0 Å². The van der Waals surface area contributed by atoms with Crippen molar-refractivity contribution in [2.24, 2.45) is 11.8 Å². The predicted octanol–water partition coefficient (Wildman–Crippen LogP) is 4.13.